The lowest BCUT2D eigenvalue weighted by molar-refractivity contribution is -0.115. The molecule has 4 aromatic rings. The number of hydrogen-bond acceptors (Lipinski definition) is 3. The quantitative estimate of drug-likeness (QED) is 0.402. The monoisotopic (exact) mass is 412 g/mol. The zero-order valence-electron chi connectivity index (χ0n) is 17.4. The first-order valence-electron chi connectivity index (χ1n) is 9.99. The molecule has 0 spiro atoms. The van der Waals surface area contributed by atoms with Crippen LogP contribution < -0.4 is 5.32 Å². The molecule has 30 heavy (non-hydrogen) atoms. The van der Waals surface area contributed by atoms with Crippen LogP contribution >= 0.6 is 11.3 Å². The summed E-state index contributed by atoms with van der Waals surface area (Å²) in [6, 6.07) is 24.5. The molecule has 0 unspecified atom stereocenters. The van der Waals surface area contributed by atoms with Gasteiger partial charge in [0.15, 0.2) is 0 Å². The predicted molar refractivity (Wildman–Crippen MR) is 126 cm³/mol. The first kappa shape index (κ1) is 20.0. The van der Waals surface area contributed by atoms with Crippen molar-refractivity contribution in [3.8, 4) is 21.0 Å². The summed E-state index contributed by atoms with van der Waals surface area (Å²) in [7, 11) is 0. The smallest absolute Gasteiger partial charge is 0.230 e. The molecular formula is C26H24N2OS. The highest BCUT2D eigenvalue weighted by Gasteiger charge is 2.18. The number of thiazole rings is 1. The highest BCUT2D eigenvalue weighted by Crippen LogP contribution is 2.36. The van der Waals surface area contributed by atoms with Gasteiger partial charge >= 0.3 is 0 Å². The fourth-order valence-electron chi connectivity index (χ4n) is 3.34. The molecule has 0 aliphatic rings. The van der Waals surface area contributed by atoms with Crippen molar-refractivity contribution in [2.24, 2.45) is 0 Å². The average molecular weight is 413 g/mol. The van der Waals surface area contributed by atoms with Crippen LogP contribution in [0.1, 0.15) is 22.4 Å². The normalized spacial score (nSPS) is 10.8. The number of carbonyl (C=O) groups excluding carboxylic acids is 1. The van der Waals surface area contributed by atoms with Crippen LogP contribution in [0.2, 0.25) is 0 Å². The Morgan fingerprint density at radius 2 is 1.60 bits per heavy atom. The van der Waals surface area contributed by atoms with Gasteiger partial charge in [0.25, 0.3) is 0 Å². The van der Waals surface area contributed by atoms with Crippen molar-refractivity contribution in [2.75, 3.05) is 5.32 Å². The molecule has 1 amide bonds. The lowest BCUT2D eigenvalue weighted by atomic mass is 10.1. The number of hydrogen-bond donors (Lipinski definition) is 1. The van der Waals surface area contributed by atoms with Crippen molar-refractivity contribution in [1.29, 1.82) is 0 Å². The van der Waals surface area contributed by atoms with E-state index in [0.29, 0.717) is 0 Å². The van der Waals surface area contributed by atoms with Crippen LogP contribution in [0.25, 0.3) is 21.0 Å². The van der Waals surface area contributed by atoms with Crippen molar-refractivity contribution >= 4 is 22.9 Å². The standard InChI is InChI=1S/C26H24N2OS/c1-17-12-14-20(15-13-17)25-23(28-26(30-25)21-9-5-4-6-10-21)16-24(29)27-22-11-7-8-18(2)19(22)3/h4-15H,16H2,1-3H3,(H,27,29). The van der Waals surface area contributed by atoms with E-state index in [0.717, 1.165) is 43.5 Å². The Bertz CT molecular complexity index is 1180. The fourth-order valence-corrected chi connectivity index (χ4v) is 4.43. The molecule has 0 fully saturated rings. The van der Waals surface area contributed by atoms with Gasteiger partial charge in [0, 0.05) is 11.3 Å². The van der Waals surface area contributed by atoms with Gasteiger partial charge in [-0.3, -0.25) is 4.79 Å². The van der Waals surface area contributed by atoms with Gasteiger partial charge in [-0.2, -0.15) is 0 Å². The highest BCUT2D eigenvalue weighted by atomic mass is 32.1. The Morgan fingerprint density at radius 1 is 0.867 bits per heavy atom. The Labute approximate surface area is 181 Å². The molecule has 4 rings (SSSR count). The zero-order chi connectivity index (χ0) is 21.1. The number of rotatable bonds is 5. The number of amides is 1. The maximum Gasteiger partial charge on any atom is 0.230 e. The second-order valence-electron chi connectivity index (χ2n) is 7.50. The molecule has 0 saturated carbocycles. The predicted octanol–water partition coefficient (Wildman–Crippen LogP) is 6.58. The first-order valence-corrected chi connectivity index (χ1v) is 10.8. The number of aromatic nitrogens is 1. The number of benzene rings is 3. The van der Waals surface area contributed by atoms with Gasteiger partial charge in [-0.25, -0.2) is 4.98 Å². The molecule has 3 nitrogen and oxygen atoms in total. The summed E-state index contributed by atoms with van der Waals surface area (Å²) in [4.78, 5) is 18.8. The molecule has 3 aromatic carbocycles. The topological polar surface area (TPSA) is 42.0 Å². The SMILES string of the molecule is Cc1ccc(-c2sc(-c3ccccc3)nc2CC(=O)Nc2cccc(C)c2C)cc1. The van der Waals surface area contributed by atoms with E-state index in [1.165, 1.54) is 5.56 Å². The van der Waals surface area contributed by atoms with E-state index >= 15 is 0 Å². The third kappa shape index (κ3) is 4.34. The molecule has 0 saturated heterocycles. The Kier molecular flexibility index (Phi) is 5.77. The Balaban J connectivity index is 1.67. The zero-order valence-corrected chi connectivity index (χ0v) is 18.2. The molecule has 1 N–H and O–H groups in total. The van der Waals surface area contributed by atoms with Crippen molar-refractivity contribution in [3.63, 3.8) is 0 Å². The Morgan fingerprint density at radius 3 is 2.33 bits per heavy atom. The molecule has 0 atom stereocenters. The average Bonchev–Trinajstić information content (AvgIpc) is 3.16. The van der Waals surface area contributed by atoms with E-state index in [2.05, 4.69) is 48.6 Å². The maximum absolute atomic E-state index is 12.9. The van der Waals surface area contributed by atoms with Crippen LogP contribution in [-0.4, -0.2) is 10.9 Å². The van der Waals surface area contributed by atoms with Crippen LogP contribution in [0.5, 0.6) is 0 Å². The van der Waals surface area contributed by atoms with Crippen LogP contribution in [0.15, 0.2) is 72.8 Å². The van der Waals surface area contributed by atoms with Gasteiger partial charge in [-0.1, -0.05) is 72.3 Å². The lowest BCUT2D eigenvalue weighted by Gasteiger charge is -2.10. The summed E-state index contributed by atoms with van der Waals surface area (Å²) in [5.41, 5.74) is 7.29. The van der Waals surface area contributed by atoms with Crippen molar-refractivity contribution in [2.45, 2.75) is 27.2 Å². The summed E-state index contributed by atoms with van der Waals surface area (Å²) in [5, 5.41) is 3.99. The summed E-state index contributed by atoms with van der Waals surface area (Å²) < 4.78 is 0. The van der Waals surface area contributed by atoms with E-state index < -0.39 is 0 Å². The summed E-state index contributed by atoms with van der Waals surface area (Å²) in [5.74, 6) is -0.0537. The molecule has 0 radical (unpaired) electrons. The largest absolute Gasteiger partial charge is 0.325 e. The third-order valence-electron chi connectivity index (χ3n) is 5.24. The second-order valence-corrected chi connectivity index (χ2v) is 8.50. The van der Waals surface area contributed by atoms with Crippen LogP contribution in [0, 0.1) is 20.8 Å². The number of anilines is 1. The molecule has 0 bridgehead atoms. The van der Waals surface area contributed by atoms with E-state index in [-0.39, 0.29) is 12.3 Å². The maximum atomic E-state index is 12.9. The van der Waals surface area contributed by atoms with Crippen molar-refractivity contribution in [1.82, 2.24) is 4.98 Å². The molecule has 1 heterocycles. The minimum atomic E-state index is -0.0537. The minimum Gasteiger partial charge on any atom is -0.325 e. The summed E-state index contributed by atoms with van der Waals surface area (Å²) >= 11 is 1.63. The summed E-state index contributed by atoms with van der Waals surface area (Å²) in [6.45, 7) is 6.15. The van der Waals surface area contributed by atoms with Gasteiger partial charge in [-0.05, 0) is 43.5 Å². The molecule has 150 valence electrons. The molecule has 1 aromatic heterocycles. The van der Waals surface area contributed by atoms with Crippen molar-refractivity contribution < 1.29 is 4.79 Å². The van der Waals surface area contributed by atoms with E-state index in [1.54, 1.807) is 11.3 Å². The molecule has 4 heteroatoms. The van der Waals surface area contributed by atoms with Gasteiger partial charge in [0.2, 0.25) is 5.91 Å². The fraction of sp³-hybridized carbons (Fsp3) is 0.154. The van der Waals surface area contributed by atoms with E-state index in [4.69, 9.17) is 4.98 Å². The van der Waals surface area contributed by atoms with E-state index in [9.17, 15) is 4.79 Å². The number of carbonyl (C=O) groups is 1. The third-order valence-corrected chi connectivity index (χ3v) is 6.43. The molecule has 0 aliphatic heterocycles. The molecular weight excluding hydrogens is 388 g/mol. The molecule has 0 aliphatic carbocycles. The van der Waals surface area contributed by atoms with Crippen LogP contribution in [0.4, 0.5) is 5.69 Å². The minimum absolute atomic E-state index is 0.0537. The number of nitrogens with one attached hydrogen (secondary N) is 1. The van der Waals surface area contributed by atoms with Gasteiger partial charge in [-0.15, -0.1) is 11.3 Å². The second kappa shape index (κ2) is 8.64. The van der Waals surface area contributed by atoms with Gasteiger partial charge in [0.05, 0.1) is 17.0 Å². The van der Waals surface area contributed by atoms with Crippen LogP contribution in [-0.2, 0) is 11.2 Å². The lowest BCUT2D eigenvalue weighted by Crippen LogP contribution is -2.16. The van der Waals surface area contributed by atoms with Crippen LogP contribution in [0.3, 0.4) is 0 Å². The van der Waals surface area contributed by atoms with Gasteiger partial charge < -0.3 is 5.32 Å². The summed E-state index contributed by atoms with van der Waals surface area (Å²) in [6.07, 6.45) is 0.236. The number of aryl methyl sites for hydroxylation is 2. The van der Waals surface area contributed by atoms with Gasteiger partial charge in [0.1, 0.15) is 5.01 Å². The Hall–Kier alpha value is -3.24. The highest BCUT2D eigenvalue weighted by molar-refractivity contribution is 7.18. The van der Waals surface area contributed by atoms with E-state index in [1.807, 2.05) is 50.2 Å². The van der Waals surface area contributed by atoms with Crippen molar-refractivity contribution in [3.05, 3.63) is 95.2 Å². The number of nitrogens with zero attached hydrogens (tertiary/aromatic N) is 1. The first-order chi connectivity index (χ1) is 14.5.